The van der Waals surface area contributed by atoms with Crippen LogP contribution in [0.2, 0.25) is 0 Å². The van der Waals surface area contributed by atoms with Crippen molar-refractivity contribution >= 4 is 5.91 Å². The van der Waals surface area contributed by atoms with E-state index in [-0.39, 0.29) is 12.8 Å². The molecule has 1 aliphatic rings. The molecule has 1 saturated heterocycles. The summed E-state index contributed by atoms with van der Waals surface area (Å²) < 4.78 is 11.1. The van der Waals surface area contributed by atoms with Crippen LogP contribution in [0, 0.1) is 0 Å². The Morgan fingerprint density at radius 3 is 1.45 bits per heavy atom. The highest BCUT2D eigenvalue weighted by Crippen LogP contribution is 2.23. The van der Waals surface area contributed by atoms with Gasteiger partial charge in [-0.15, -0.1) is 0 Å². The number of carbonyl (C=O) groups is 1. The number of ether oxygens (including phenoxy) is 2. The quantitative estimate of drug-likeness (QED) is 0.0217. The summed E-state index contributed by atoms with van der Waals surface area (Å²) in [4.78, 5) is 13.1. The number of hydrogen-bond donors (Lipinski definition) is 8. The van der Waals surface area contributed by atoms with Crippen LogP contribution in [0.25, 0.3) is 0 Å². The molecular formula is C51H95NO10. The smallest absolute Gasteiger partial charge is 0.249 e. The van der Waals surface area contributed by atoms with Gasteiger partial charge in [-0.2, -0.15) is 0 Å². The van der Waals surface area contributed by atoms with Crippen LogP contribution in [0.4, 0.5) is 0 Å². The van der Waals surface area contributed by atoms with E-state index in [2.05, 4.69) is 55.6 Å². The maximum absolute atomic E-state index is 13.1. The molecule has 1 amide bonds. The topological polar surface area (TPSA) is 189 Å². The monoisotopic (exact) mass is 882 g/mol. The Kier molecular flexibility index (Phi) is 38.4. The summed E-state index contributed by atoms with van der Waals surface area (Å²) in [5.74, 6) is -0.712. The van der Waals surface area contributed by atoms with Crippen LogP contribution >= 0.6 is 0 Å². The minimum Gasteiger partial charge on any atom is -0.394 e. The minimum atomic E-state index is -1.67. The van der Waals surface area contributed by atoms with E-state index in [0.29, 0.717) is 19.3 Å². The van der Waals surface area contributed by atoms with Crippen molar-refractivity contribution in [1.29, 1.82) is 0 Å². The van der Waals surface area contributed by atoms with Crippen LogP contribution in [0.3, 0.4) is 0 Å². The van der Waals surface area contributed by atoms with E-state index < -0.39 is 74.2 Å². The van der Waals surface area contributed by atoms with E-state index in [1.165, 1.54) is 116 Å². The van der Waals surface area contributed by atoms with Crippen LogP contribution in [0.5, 0.6) is 0 Å². The first-order chi connectivity index (χ1) is 30.2. The molecule has 0 aliphatic carbocycles. The molecule has 1 heterocycles. The van der Waals surface area contributed by atoms with Gasteiger partial charge in [0.25, 0.3) is 0 Å². The molecular weight excluding hydrogens is 787 g/mol. The summed E-state index contributed by atoms with van der Waals surface area (Å²) >= 11 is 0. The summed E-state index contributed by atoms with van der Waals surface area (Å²) in [5, 5.41) is 75.7. The SMILES string of the molecule is CC/C=C/CC/C=C/CC/C=C/CCCC(O)C(O)C(COC1OC(CO)C(O)C(O)C1O)NC(=O)C(O)CCCCCCCCCCCCCCCCCCCCCCCC. The van der Waals surface area contributed by atoms with Gasteiger partial charge < -0.3 is 50.5 Å². The molecule has 0 bridgehead atoms. The molecule has 364 valence electrons. The van der Waals surface area contributed by atoms with Crippen molar-refractivity contribution in [3.8, 4) is 0 Å². The first-order valence-corrected chi connectivity index (χ1v) is 25.4. The van der Waals surface area contributed by atoms with Crippen molar-refractivity contribution in [2.24, 2.45) is 0 Å². The summed E-state index contributed by atoms with van der Waals surface area (Å²) in [6, 6.07) is -1.19. The Balaban J connectivity index is 2.37. The van der Waals surface area contributed by atoms with E-state index in [9.17, 15) is 40.5 Å². The number of hydrogen-bond acceptors (Lipinski definition) is 10. The number of amides is 1. The van der Waals surface area contributed by atoms with Gasteiger partial charge in [0.15, 0.2) is 6.29 Å². The van der Waals surface area contributed by atoms with E-state index in [4.69, 9.17) is 9.47 Å². The molecule has 1 rings (SSSR count). The predicted molar refractivity (Wildman–Crippen MR) is 252 cm³/mol. The second-order valence-corrected chi connectivity index (χ2v) is 17.8. The van der Waals surface area contributed by atoms with Crippen LogP contribution in [0.1, 0.15) is 213 Å². The first kappa shape index (κ1) is 58.3. The third kappa shape index (κ3) is 29.7. The van der Waals surface area contributed by atoms with Gasteiger partial charge in [-0.1, -0.05) is 192 Å². The highest BCUT2D eigenvalue weighted by molar-refractivity contribution is 5.80. The molecule has 11 heteroatoms. The number of rotatable bonds is 42. The van der Waals surface area contributed by atoms with Crippen LogP contribution < -0.4 is 5.32 Å². The molecule has 8 N–H and O–H groups in total. The van der Waals surface area contributed by atoms with Gasteiger partial charge in [-0.25, -0.2) is 0 Å². The molecule has 1 aliphatic heterocycles. The average molecular weight is 882 g/mol. The Labute approximate surface area is 377 Å². The molecule has 0 saturated carbocycles. The number of aliphatic hydroxyl groups excluding tert-OH is 7. The second-order valence-electron chi connectivity index (χ2n) is 17.8. The summed E-state index contributed by atoms with van der Waals surface area (Å²) in [5.41, 5.74) is 0. The number of unbranched alkanes of at least 4 members (excludes halogenated alkanes) is 24. The summed E-state index contributed by atoms with van der Waals surface area (Å²) in [6.45, 7) is 3.32. The number of carbonyl (C=O) groups excluding carboxylic acids is 1. The number of allylic oxidation sites excluding steroid dienone is 6. The lowest BCUT2D eigenvalue weighted by atomic mass is 9.98. The van der Waals surface area contributed by atoms with Crippen LogP contribution in [-0.2, 0) is 14.3 Å². The predicted octanol–water partition coefficient (Wildman–Crippen LogP) is 9.17. The molecule has 11 nitrogen and oxygen atoms in total. The van der Waals surface area contributed by atoms with Crippen LogP contribution in [-0.4, -0.2) is 110 Å². The fourth-order valence-electron chi connectivity index (χ4n) is 8.01. The fourth-order valence-corrected chi connectivity index (χ4v) is 8.01. The standard InChI is InChI=1S/C51H95NO10/c1-3-5-7-9-11-13-15-17-18-19-20-21-22-23-24-25-27-29-31-33-35-37-39-44(55)50(60)52-42(41-61-51-49(59)48(58)47(57)45(40-53)62-51)46(56)43(54)38-36-34-32-30-28-26-16-14-12-10-8-6-4-2/h6,8,14,16,30,32,42-49,51,53-59H,3-5,7,9-13,15,17-29,31,33-41H2,1-2H3,(H,52,60)/b8-6+,16-14+,32-30+. The van der Waals surface area contributed by atoms with Crippen molar-refractivity contribution in [3.05, 3.63) is 36.5 Å². The van der Waals surface area contributed by atoms with E-state index >= 15 is 0 Å². The van der Waals surface area contributed by atoms with Gasteiger partial charge in [0.05, 0.1) is 25.4 Å². The van der Waals surface area contributed by atoms with Crippen molar-refractivity contribution < 1.29 is 50.0 Å². The van der Waals surface area contributed by atoms with E-state index in [1.54, 1.807) is 0 Å². The summed E-state index contributed by atoms with van der Waals surface area (Å²) in [7, 11) is 0. The van der Waals surface area contributed by atoms with Gasteiger partial charge in [0.2, 0.25) is 5.91 Å². The summed E-state index contributed by atoms with van der Waals surface area (Å²) in [6.07, 6.45) is 36.3. The lowest BCUT2D eigenvalue weighted by Gasteiger charge is -2.40. The second kappa shape index (κ2) is 40.8. The number of aliphatic hydroxyl groups is 7. The zero-order valence-electron chi connectivity index (χ0n) is 39.4. The molecule has 62 heavy (non-hydrogen) atoms. The average Bonchev–Trinajstić information content (AvgIpc) is 3.27. The third-order valence-corrected chi connectivity index (χ3v) is 12.2. The molecule has 0 aromatic carbocycles. The maximum Gasteiger partial charge on any atom is 0.249 e. The molecule has 0 radical (unpaired) electrons. The zero-order valence-corrected chi connectivity index (χ0v) is 39.4. The lowest BCUT2D eigenvalue weighted by Crippen LogP contribution is -2.60. The Bertz CT molecular complexity index is 1100. The zero-order chi connectivity index (χ0) is 45.5. The highest BCUT2D eigenvalue weighted by atomic mass is 16.7. The molecule has 9 unspecified atom stereocenters. The third-order valence-electron chi connectivity index (χ3n) is 12.2. The Morgan fingerprint density at radius 2 is 1.00 bits per heavy atom. The van der Waals surface area contributed by atoms with E-state index in [0.717, 1.165) is 51.4 Å². The molecule has 0 aromatic heterocycles. The van der Waals surface area contributed by atoms with Gasteiger partial charge in [-0.05, 0) is 57.8 Å². The highest BCUT2D eigenvalue weighted by Gasteiger charge is 2.44. The molecule has 0 spiro atoms. The molecule has 1 fully saturated rings. The minimum absolute atomic E-state index is 0.241. The molecule has 9 atom stereocenters. The molecule has 0 aromatic rings. The maximum atomic E-state index is 13.1. The normalized spacial score (nSPS) is 21.6. The van der Waals surface area contributed by atoms with Gasteiger partial charge in [0, 0.05) is 0 Å². The van der Waals surface area contributed by atoms with Crippen molar-refractivity contribution in [2.75, 3.05) is 13.2 Å². The lowest BCUT2D eigenvalue weighted by molar-refractivity contribution is -0.303. The van der Waals surface area contributed by atoms with E-state index in [1.807, 2.05) is 0 Å². The fraction of sp³-hybridized carbons (Fsp3) is 0.863. The van der Waals surface area contributed by atoms with Crippen molar-refractivity contribution in [3.63, 3.8) is 0 Å². The Morgan fingerprint density at radius 1 is 0.565 bits per heavy atom. The number of nitrogens with one attached hydrogen (secondary N) is 1. The van der Waals surface area contributed by atoms with Crippen molar-refractivity contribution in [2.45, 2.75) is 268 Å². The Hall–Kier alpha value is -1.67. The first-order valence-electron chi connectivity index (χ1n) is 25.4. The van der Waals surface area contributed by atoms with Crippen molar-refractivity contribution in [1.82, 2.24) is 5.32 Å². The van der Waals surface area contributed by atoms with Gasteiger partial charge in [0.1, 0.15) is 36.6 Å². The van der Waals surface area contributed by atoms with Crippen LogP contribution in [0.15, 0.2) is 36.5 Å². The van der Waals surface area contributed by atoms with Gasteiger partial charge >= 0.3 is 0 Å². The largest absolute Gasteiger partial charge is 0.394 e. The van der Waals surface area contributed by atoms with Gasteiger partial charge in [-0.3, -0.25) is 4.79 Å².